The summed E-state index contributed by atoms with van der Waals surface area (Å²) in [4.78, 5) is 0. The van der Waals surface area contributed by atoms with Crippen LogP contribution in [0.3, 0.4) is 0 Å². The molecule has 3 radical (unpaired) electrons. The third kappa shape index (κ3) is 17.4. The molecule has 0 aliphatic carbocycles. The second-order valence-corrected chi connectivity index (χ2v) is 2.89. The van der Waals surface area contributed by atoms with Gasteiger partial charge in [-0.2, -0.15) is 54.6 Å². The van der Waals surface area contributed by atoms with Crippen LogP contribution in [-0.4, -0.2) is 0 Å². The molecule has 0 saturated heterocycles. The van der Waals surface area contributed by atoms with E-state index in [-0.39, 0.29) is 98.1 Å². The van der Waals surface area contributed by atoms with Crippen LogP contribution in [0.1, 0.15) is 0 Å². The predicted octanol–water partition coefficient (Wildman–Crippen LogP) is 4.21. The maximum atomic E-state index is 2.00. The van der Waals surface area contributed by atoms with Gasteiger partial charge in [0.25, 0.3) is 0 Å². The summed E-state index contributed by atoms with van der Waals surface area (Å²) in [6, 6.07) is 30.0. The summed E-state index contributed by atoms with van der Waals surface area (Å²) in [6.45, 7) is 0. The van der Waals surface area contributed by atoms with Gasteiger partial charge in [-0.3, -0.25) is 0 Å². The molecule has 0 N–H and O–H groups in total. The molecule has 3 aromatic carbocycles. The van der Waals surface area contributed by atoms with E-state index in [1.165, 1.54) is 0 Å². The van der Waals surface area contributed by atoms with Crippen molar-refractivity contribution in [3.63, 3.8) is 0 Å². The molecule has 0 saturated carbocycles. The third-order valence-electron chi connectivity index (χ3n) is 1.67. The Morgan fingerprint density at radius 2 is 0.500 bits per heavy atom. The summed E-state index contributed by atoms with van der Waals surface area (Å²) in [6.07, 6.45) is 0. The van der Waals surface area contributed by atoms with Crippen LogP contribution in [0.4, 0.5) is 0 Å². The normalized spacial score (nSPS) is 6.67. The molecule has 0 amide bonds. The summed E-state index contributed by atoms with van der Waals surface area (Å²) < 4.78 is 0. The molecule has 0 bridgehead atoms. The molecule has 87 valence electrons. The Labute approximate surface area is 186 Å². The van der Waals surface area contributed by atoms with E-state index in [4.69, 9.17) is 0 Å². The second kappa shape index (κ2) is 20.7. The zero-order chi connectivity index (χ0) is 10.6. The smallest absolute Gasteiger partial charge is 0 e. The average Bonchev–Trinajstić information content (AvgIpc) is 3.09. The molecule has 0 aromatic heterocycles. The molecular weight excluding hydrogens is 447 g/mol. The van der Waals surface area contributed by atoms with Crippen LogP contribution in [0, 0.1) is 0 Å². The molecule has 0 heterocycles. The van der Waals surface area contributed by atoms with Crippen LogP contribution in [0.25, 0.3) is 0 Å². The van der Waals surface area contributed by atoms with Crippen molar-refractivity contribution in [1.29, 1.82) is 0 Å². The first-order chi connectivity index (χ1) is 7.50. The van der Waals surface area contributed by atoms with Crippen molar-refractivity contribution < 1.29 is 98.1 Å². The van der Waals surface area contributed by atoms with Gasteiger partial charge in [-0.1, -0.05) is 0 Å². The van der Waals surface area contributed by atoms with Gasteiger partial charge in [0.1, 0.15) is 0 Å². The Morgan fingerprint density at radius 3 is 0.556 bits per heavy atom. The van der Waals surface area contributed by atoms with Crippen molar-refractivity contribution in [2.24, 2.45) is 0 Å². The molecular formula is C15H15Y3-3. The maximum absolute atomic E-state index is 2.00. The average molecular weight is 462 g/mol. The van der Waals surface area contributed by atoms with E-state index >= 15 is 0 Å². The van der Waals surface area contributed by atoms with Crippen LogP contribution in [-0.2, 0) is 98.1 Å². The SMILES string of the molecule is [Y].[Y].[Y].c1cc[cH-]c1.c1cc[cH-]c1.c1cc[cH-]c1. The molecule has 0 aliphatic rings. The Kier molecular flexibility index (Phi) is 28.0. The molecule has 0 nitrogen and oxygen atoms in total. The summed E-state index contributed by atoms with van der Waals surface area (Å²) in [5.74, 6) is 0. The van der Waals surface area contributed by atoms with Crippen molar-refractivity contribution in [2.75, 3.05) is 0 Å². The van der Waals surface area contributed by atoms with Crippen molar-refractivity contribution >= 4 is 0 Å². The summed E-state index contributed by atoms with van der Waals surface area (Å²) in [5.41, 5.74) is 0. The van der Waals surface area contributed by atoms with Gasteiger partial charge < -0.3 is 0 Å². The standard InChI is InChI=1S/3C5H5.3Y/c3*1-2-4-5-3-1;;;/h3*1-5H;;;/q3*-1;;;. The molecule has 0 spiro atoms. The monoisotopic (exact) mass is 462 g/mol. The Bertz CT molecular complexity index is 244. The van der Waals surface area contributed by atoms with Gasteiger partial charge in [0.2, 0.25) is 0 Å². The van der Waals surface area contributed by atoms with Gasteiger partial charge in [0, 0.05) is 98.1 Å². The molecule has 3 aromatic rings. The second-order valence-electron chi connectivity index (χ2n) is 2.89. The minimum absolute atomic E-state index is 0. The van der Waals surface area contributed by atoms with E-state index in [0.29, 0.717) is 0 Å². The van der Waals surface area contributed by atoms with E-state index < -0.39 is 0 Å². The van der Waals surface area contributed by atoms with Gasteiger partial charge in [-0.15, -0.1) is 0 Å². The minimum atomic E-state index is 0. The van der Waals surface area contributed by atoms with Crippen LogP contribution in [0.5, 0.6) is 0 Å². The summed E-state index contributed by atoms with van der Waals surface area (Å²) in [5, 5.41) is 0. The van der Waals surface area contributed by atoms with Crippen LogP contribution >= 0.6 is 0 Å². The zero-order valence-electron chi connectivity index (χ0n) is 10.4. The van der Waals surface area contributed by atoms with Gasteiger partial charge in [0.15, 0.2) is 0 Å². The molecule has 0 aliphatic heterocycles. The largest absolute Gasteiger partial charge is 0.214 e. The summed E-state index contributed by atoms with van der Waals surface area (Å²) in [7, 11) is 0. The molecule has 0 unspecified atom stereocenters. The van der Waals surface area contributed by atoms with Crippen molar-refractivity contribution in [1.82, 2.24) is 0 Å². The first kappa shape index (κ1) is 24.4. The fraction of sp³-hybridized carbons (Fsp3) is 0. The molecule has 3 heteroatoms. The van der Waals surface area contributed by atoms with Crippen LogP contribution < -0.4 is 0 Å². The van der Waals surface area contributed by atoms with Gasteiger partial charge >= 0.3 is 0 Å². The van der Waals surface area contributed by atoms with E-state index in [9.17, 15) is 0 Å². The number of hydrogen-bond acceptors (Lipinski definition) is 0. The van der Waals surface area contributed by atoms with Crippen LogP contribution in [0.2, 0.25) is 0 Å². The van der Waals surface area contributed by atoms with Crippen LogP contribution in [0.15, 0.2) is 91.0 Å². The zero-order valence-corrected chi connectivity index (χ0v) is 18.9. The van der Waals surface area contributed by atoms with Gasteiger partial charge in [-0.05, 0) is 0 Å². The van der Waals surface area contributed by atoms with E-state index in [2.05, 4.69) is 0 Å². The van der Waals surface area contributed by atoms with E-state index in [1.807, 2.05) is 91.0 Å². The number of rotatable bonds is 0. The molecule has 3 rings (SSSR count). The summed E-state index contributed by atoms with van der Waals surface area (Å²) >= 11 is 0. The molecule has 0 atom stereocenters. The van der Waals surface area contributed by atoms with Gasteiger partial charge in [0.05, 0.1) is 0 Å². The maximum Gasteiger partial charge on any atom is 0 e. The number of hydrogen-bond donors (Lipinski definition) is 0. The fourth-order valence-corrected chi connectivity index (χ4v) is 0.962. The van der Waals surface area contributed by atoms with E-state index in [1.54, 1.807) is 0 Å². The predicted molar refractivity (Wildman–Crippen MR) is 66.1 cm³/mol. The van der Waals surface area contributed by atoms with Crippen molar-refractivity contribution in [2.45, 2.75) is 0 Å². The minimum Gasteiger partial charge on any atom is -0.214 e. The van der Waals surface area contributed by atoms with Crippen molar-refractivity contribution in [3.8, 4) is 0 Å². The first-order valence-corrected chi connectivity index (χ1v) is 5.00. The Balaban J connectivity index is -0.000000173. The van der Waals surface area contributed by atoms with Crippen molar-refractivity contribution in [3.05, 3.63) is 91.0 Å². The molecule has 0 fully saturated rings. The third-order valence-corrected chi connectivity index (χ3v) is 1.67. The quantitative estimate of drug-likeness (QED) is 0.440. The first-order valence-electron chi connectivity index (χ1n) is 5.00. The topological polar surface area (TPSA) is 0 Å². The molecule has 18 heavy (non-hydrogen) atoms. The fourth-order valence-electron chi connectivity index (χ4n) is 0.962. The Morgan fingerprint density at radius 1 is 0.333 bits per heavy atom. The van der Waals surface area contributed by atoms with Gasteiger partial charge in [-0.25, -0.2) is 36.4 Å². The van der Waals surface area contributed by atoms with E-state index in [0.717, 1.165) is 0 Å². The Hall–Kier alpha value is 1.36.